The molecule has 0 aromatic carbocycles. The molecule has 1 aliphatic carbocycles. The summed E-state index contributed by atoms with van der Waals surface area (Å²) in [5, 5.41) is 13.8. The van der Waals surface area contributed by atoms with E-state index in [1.54, 1.807) is 0 Å². The van der Waals surface area contributed by atoms with Crippen LogP contribution in [0.1, 0.15) is 46.5 Å². The van der Waals surface area contributed by atoms with Crippen LogP contribution in [0.25, 0.3) is 0 Å². The molecule has 1 saturated carbocycles. The fraction of sp³-hybridized carbons (Fsp3) is 0.733. The normalized spacial score (nSPS) is 25.9. The molecule has 2 rings (SSSR count). The van der Waals surface area contributed by atoms with Crippen molar-refractivity contribution in [1.82, 2.24) is 9.97 Å². The van der Waals surface area contributed by atoms with Gasteiger partial charge in [-0.1, -0.05) is 19.8 Å². The Kier molecular flexibility index (Phi) is 4.88. The molecule has 21 heavy (non-hydrogen) atoms. The highest BCUT2D eigenvalue weighted by atomic mass is 16.5. The average Bonchev–Trinajstić information content (AvgIpc) is 2.39. The Morgan fingerprint density at radius 1 is 1.52 bits per heavy atom. The van der Waals surface area contributed by atoms with Gasteiger partial charge in [-0.3, -0.25) is 0 Å². The maximum absolute atomic E-state index is 10.6. The van der Waals surface area contributed by atoms with Crippen molar-refractivity contribution in [3.8, 4) is 5.88 Å². The van der Waals surface area contributed by atoms with E-state index in [0.29, 0.717) is 29.8 Å². The van der Waals surface area contributed by atoms with Gasteiger partial charge in [0.1, 0.15) is 12.0 Å². The third-order valence-electron chi connectivity index (χ3n) is 3.85. The van der Waals surface area contributed by atoms with Crippen LogP contribution in [-0.2, 0) is 0 Å². The lowest BCUT2D eigenvalue weighted by atomic mass is 9.79. The van der Waals surface area contributed by atoms with Crippen molar-refractivity contribution in [1.29, 1.82) is 0 Å². The van der Waals surface area contributed by atoms with Crippen molar-refractivity contribution in [2.75, 3.05) is 17.6 Å². The minimum Gasteiger partial charge on any atom is -0.473 e. The largest absolute Gasteiger partial charge is 0.473 e. The van der Waals surface area contributed by atoms with Crippen LogP contribution in [0.5, 0.6) is 5.88 Å². The van der Waals surface area contributed by atoms with E-state index >= 15 is 0 Å². The molecular formula is C15H26N4O2. The Balaban J connectivity index is 2.03. The number of anilines is 2. The Morgan fingerprint density at radius 2 is 2.29 bits per heavy atom. The van der Waals surface area contributed by atoms with E-state index in [0.717, 1.165) is 19.3 Å². The van der Waals surface area contributed by atoms with E-state index in [1.165, 1.54) is 12.7 Å². The van der Waals surface area contributed by atoms with Gasteiger partial charge in [0.05, 0.1) is 11.7 Å². The smallest absolute Gasteiger partial charge is 0.242 e. The predicted molar refractivity (Wildman–Crippen MR) is 83.3 cm³/mol. The molecule has 118 valence electrons. The Labute approximate surface area is 126 Å². The van der Waals surface area contributed by atoms with Crippen molar-refractivity contribution in [3.63, 3.8) is 0 Å². The molecule has 6 nitrogen and oxygen atoms in total. The second-order valence-corrected chi connectivity index (χ2v) is 6.39. The monoisotopic (exact) mass is 294 g/mol. The lowest BCUT2D eigenvalue weighted by Crippen LogP contribution is -2.41. The minimum absolute atomic E-state index is 0.00146. The number of hydrogen-bond acceptors (Lipinski definition) is 6. The maximum Gasteiger partial charge on any atom is 0.242 e. The summed E-state index contributed by atoms with van der Waals surface area (Å²) < 4.78 is 5.54. The molecule has 1 aromatic rings. The fourth-order valence-electron chi connectivity index (χ4n) is 2.88. The van der Waals surface area contributed by atoms with Gasteiger partial charge in [0.15, 0.2) is 5.82 Å². The number of aromatic nitrogens is 2. The van der Waals surface area contributed by atoms with Crippen LogP contribution in [0.15, 0.2) is 6.33 Å². The second-order valence-electron chi connectivity index (χ2n) is 6.39. The number of hydrogen-bond donors (Lipinski definition) is 3. The molecule has 1 aliphatic rings. The number of ether oxygens (including phenoxy) is 1. The molecule has 0 saturated heterocycles. The zero-order valence-electron chi connectivity index (χ0n) is 13.1. The Hall–Kier alpha value is -1.56. The van der Waals surface area contributed by atoms with Crippen molar-refractivity contribution in [2.24, 2.45) is 5.92 Å². The molecule has 1 fully saturated rings. The number of rotatable bonds is 5. The minimum atomic E-state index is -0.686. The van der Waals surface area contributed by atoms with Gasteiger partial charge in [0, 0.05) is 6.54 Å². The molecule has 0 spiro atoms. The van der Waals surface area contributed by atoms with Gasteiger partial charge in [0.25, 0.3) is 0 Å². The molecule has 2 unspecified atom stereocenters. The number of aliphatic hydroxyl groups is 1. The standard InChI is InChI=1S/C15H26N4O2/c1-10(2)21-14-12(16)13(18-9-19-14)17-8-15(20)6-4-5-11(3)7-15/h9-11,20H,4-8,16H2,1-3H3,(H,17,18,19). The zero-order valence-corrected chi connectivity index (χ0v) is 13.1. The molecule has 0 aliphatic heterocycles. The lowest BCUT2D eigenvalue weighted by molar-refractivity contribution is -0.000822. The van der Waals surface area contributed by atoms with Crippen molar-refractivity contribution < 1.29 is 9.84 Å². The van der Waals surface area contributed by atoms with Crippen LogP contribution < -0.4 is 15.8 Å². The number of nitrogens with two attached hydrogens (primary N) is 1. The molecule has 6 heteroatoms. The third kappa shape index (κ3) is 4.20. The summed E-state index contributed by atoms with van der Waals surface area (Å²) in [5.41, 5.74) is 5.72. The molecule has 2 atom stereocenters. The van der Waals surface area contributed by atoms with Crippen LogP contribution in [0.2, 0.25) is 0 Å². The van der Waals surface area contributed by atoms with Crippen LogP contribution in [-0.4, -0.2) is 33.3 Å². The Morgan fingerprint density at radius 3 is 2.95 bits per heavy atom. The second kappa shape index (κ2) is 6.47. The first kappa shape index (κ1) is 15.8. The van der Waals surface area contributed by atoms with Gasteiger partial charge in [-0.2, -0.15) is 4.98 Å². The van der Waals surface area contributed by atoms with E-state index in [9.17, 15) is 5.11 Å². The first-order chi connectivity index (χ1) is 9.89. The molecule has 0 amide bonds. The van der Waals surface area contributed by atoms with Crippen molar-refractivity contribution in [2.45, 2.75) is 58.2 Å². The van der Waals surface area contributed by atoms with Crippen LogP contribution in [0, 0.1) is 5.92 Å². The molecule has 4 N–H and O–H groups in total. The summed E-state index contributed by atoms with van der Waals surface area (Å²) in [4.78, 5) is 8.18. The highest BCUT2D eigenvalue weighted by Gasteiger charge is 2.32. The molecule has 0 radical (unpaired) electrons. The predicted octanol–water partition coefficient (Wildman–Crippen LogP) is 2.20. The summed E-state index contributed by atoms with van der Waals surface area (Å²) in [6.07, 6.45) is 5.28. The molecular weight excluding hydrogens is 268 g/mol. The lowest BCUT2D eigenvalue weighted by Gasteiger charge is -2.35. The van der Waals surface area contributed by atoms with Crippen molar-refractivity contribution in [3.05, 3.63) is 6.33 Å². The molecule has 1 heterocycles. The fourth-order valence-corrected chi connectivity index (χ4v) is 2.88. The van der Waals surface area contributed by atoms with E-state index in [2.05, 4.69) is 22.2 Å². The summed E-state index contributed by atoms with van der Waals surface area (Å²) in [6, 6.07) is 0. The van der Waals surface area contributed by atoms with E-state index in [-0.39, 0.29) is 6.10 Å². The van der Waals surface area contributed by atoms with E-state index in [4.69, 9.17) is 10.5 Å². The third-order valence-corrected chi connectivity index (χ3v) is 3.85. The van der Waals surface area contributed by atoms with E-state index < -0.39 is 5.60 Å². The average molecular weight is 294 g/mol. The molecule has 0 bridgehead atoms. The van der Waals surface area contributed by atoms with Crippen LogP contribution in [0.3, 0.4) is 0 Å². The van der Waals surface area contributed by atoms with Crippen molar-refractivity contribution >= 4 is 11.5 Å². The number of nitrogen functional groups attached to an aromatic ring is 1. The van der Waals surface area contributed by atoms with Gasteiger partial charge < -0.3 is 20.9 Å². The summed E-state index contributed by atoms with van der Waals surface area (Å²) >= 11 is 0. The van der Waals surface area contributed by atoms with Gasteiger partial charge in [-0.15, -0.1) is 0 Å². The van der Waals surface area contributed by atoms with Crippen LogP contribution in [0.4, 0.5) is 11.5 Å². The highest BCUT2D eigenvalue weighted by molar-refractivity contribution is 5.66. The molecule has 1 aromatic heterocycles. The Bertz CT molecular complexity index is 481. The highest BCUT2D eigenvalue weighted by Crippen LogP contribution is 2.33. The maximum atomic E-state index is 10.6. The topological polar surface area (TPSA) is 93.3 Å². The first-order valence-electron chi connectivity index (χ1n) is 7.63. The van der Waals surface area contributed by atoms with E-state index in [1.807, 2.05) is 13.8 Å². The van der Waals surface area contributed by atoms with Gasteiger partial charge in [-0.05, 0) is 32.6 Å². The summed E-state index contributed by atoms with van der Waals surface area (Å²) in [7, 11) is 0. The first-order valence-corrected chi connectivity index (χ1v) is 7.63. The van der Waals surface area contributed by atoms with Gasteiger partial charge in [0.2, 0.25) is 5.88 Å². The SMILES string of the molecule is CC1CCCC(O)(CNc2ncnc(OC(C)C)c2N)C1. The quantitative estimate of drug-likeness (QED) is 0.771. The number of nitrogens with one attached hydrogen (secondary N) is 1. The van der Waals surface area contributed by atoms with Gasteiger partial charge in [-0.25, -0.2) is 4.98 Å². The van der Waals surface area contributed by atoms with Crippen LogP contribution >= 0.6 is 0 Å². The van der Waals surface area contributed by atoms with Gasteiger partial charge >= 0.3 is 0 Å². The summed E-state index contributed by atoms with van der Waals surface area (Å²) in [6.45, 7) is 6.46. The summed E-state index contributed by atoms with van der Waals surface area (Å²) in [5.74, 6) is 1.45. The number of nitrogens with zero attached hydrogens (tertiary/aromatic N) is 2. The zero-order chi connectivity index (χ0) is 15.5.